The number of aromatic nitrogens is 2. The molecule has 0 radical (unpaired) electrons. The molecular formula is C33H33F2N5O3S. The molecule has 3 aromatic carbocycles. The lowest BCUT2D eigenvalue weighted by molar-refractivity contribution is -0.137. The Morgan fingerprint density at radius 2 is 1.66 bits per heavy atom. The van der Waals surface area contributed by atoms with Crippen molar-refractivity contribution in [3.05, 3.63) is 113 Å². The first kappa shape index (κ1) is 31.1. The van der Waals surface area contributed by atoms with Crippen LogP contribution in [-0.2, 0) is 20.9 Å². The minimum absolute atomic E-state index is 0.120. The van der Waals surface area contributed by atoms with Crippen molar-refractivity contribution < 1.29 is 23.1 Å². The van der Waals surface area contributed by atoms with E-state index in [1.165, 1.54) is 29.2 Å². The van der Waals surface area contributed by atoms with Gasteiger partial charge in [-0.05, 0) is 67.9 Å². The molecule has 1 unspecified atom stereocenters. The molecule has 0 aliphatic carbocycles. The predicted octanol–water partition coefficient (Wildman–Crippen LogP) is 5.71. The van der Waals surface area contributed by atoms with Gasteiger partial charge in [0.25, 0.3) is 5.91 Å². The highest BCUT2D eigenvalue weighted by molar-refractivity contribution is 7.99. The molecule has 0 saturated carbocycles. The molecule has 1 N–H and O–H groups in total. The Bertz CT molecular complexity index is 1600. The summed E-state index contributed by atoms with van der Waals surface area (Å²) in [6.45, 7) is 6.29. The number of nitrogens with zero attached hydrogens (tertiary/aromatic N) is 4. The molecule has 2 amide bonds. The maximum atomic E-state index is 14.9. The van der Waals surface area contributed by atoms with Crippen LogP contribution in [0, 0.1) is 25.5 Å². The zero-order chi connectivity index (χ0) is 31.1. The third kappa shape index (κ3) is 7.97. The normalized spacial score (nSPS) is 13.8. The van der Waals surface area contributed by atoms with Crippen LogP contribution in [0.25, 0.3) is 0 Å². The maximum absolute atomic E-state index is 14.9. The van der Waals surface area contributed by atoms with E-state index in [9.17, 15) is 18.4 Å². The quantitative estimate of drug-likeness (QED) is 0.180. The lowest BCUT2D eigenvalue weighted by atomic mass is 10.0. The standard InChI is InChI=1S/C33H33F2N5O3S/c1-22-18-23(2)37-33(36-22)44-21-30(41)40(20-25-6-3-4-9-29(25)35)31(24-7-5-8-26(34)19-24)32(42)38-27-10-12-28(13-11-27)39-14-16-43-17-15-39/h3-13,18-19,31H,14-17,20-21H2,1-2H3,(H,38,42). The van der Waals surface area contributed by atoms with Crippen LogP contribution in [0.4, 0.5) is 20.2 Å². The fraction of sp³-hybridized carbons (Fsp3) is 0.273. The van der Waals surface area contributed by atoms with Gasteiger partial charge in [0, 0.05) is 48.0 Å². The summed E-state index contributed by atoms with van der Waals surface area (Å²) >= 11 is 1.12. The molecule has 2 heterocycles. The van der Waals surface area contributed by atoms with Gasteiger partial charge in [0.05, 0.1) is 19.0 Å². The van der Waals surface area contributed by atoms with E-state index in [0.717, 1.165) is 41.9 Å². The van der Waals surface area contributed by atoms with Crippen LogP contribution in [0.1, 0.15) is 28.6 Å². The third-order valence-corrected chi connectivity index (χ3v) is 7.97. The third-order valence-electron chi connectivity index (χ3n) is 7.14. The summed E-state index contributed by atoms with van der Waals surface area (Å²) in [6.07, 6.45) is 0. The number of hydrogen-bond acceptors (Lipinski definition) is 7. The predicted molar refractivity (Wildman–Crippen MR) is 166 cm³/mol. The molecule has 0 spiro atoms. The van der Waals surface area contributed by atoms with Crippen LogP contribution in [0.3, 0.4) is 0 Å². The topological polar surface area (TPSA) is 87.7 Å². The number of anilines is 2. The number of amides is 2. The van der Waals surface area contributed by atoms with E-state index in [2.05, 4.69) is 20.2 Å². The second-order valence-corrected chi connectivity index (χ2v) is 11.4. The molecule has 11 heteroatoms. The lowest BCUT2D eigenvalue weighted by Crippen LogP contribution is -2.42. The zero-order valence-corrected chi connectivity index (χ0v) is 25.3. The van der Waals surface area contributed by atoms with Crippen LogP contribution in [0.2, 0.25) is 0 Å². The molecule has 0 bridgehead atoms. The number of halogens is 2. The summed E-state index contributed by atoms with van der Waals surface area (Å²) in [6, 6.07) is 19.5. The Labute approximate surface area is 259 Å². The fourth-order valence-electron chi connectivity index (χ4n) is 5.04. The number of morpholine rings is 1. The molecule has 228 valence electrons. The first-order chi connectivity index (χ1) is 21.3. The molecule has 4 aromatic rings. The molecule has 1 aliphatic heterocycles. The van der Waals surface area contributed by atoms with E-state index in [0.29, 0.717) is 24.1 Å². The van der Waals surface area contributed by atoms with Gasteiger partial charge in [-0.3, -0.25) is 9.59 Å². The minimum atomic E-state index is -1.27. The van der Waals surface area contributed by atoms with Gasteiger partial charge in [0.2, 0.25) is 5.91 Å². The summed E-state index contributed by atoms with van der Waals surface area (Å²) in [5.74, 6) is -2.23. The van der Waals surface area contributed by atoms with Crippen molar-refractivity contribution in [2.45, 2.75) is 31.6 Å². The largest absolute Gasteiger partial charge is 0.378 e. The smallest absolute Gasteiger partial charge is 0.251 e. The van der Waals surface area contributed by atoms with Crippen molar-refractivity contribution in [3.63, 3.8) is 0 Å². The summed E-state index contributed by atoms with van der Waals surface area (Å²) in [7, 11) is 0. The van der Waals surface area contributed by atoms with Gasteiger partial charge in [-0.1, -0.05) is 42.1 Å². The Kier molecular flexibility index (Phi) is 10.2. The van der Waals surface area contributed by atoms with Crippen molar-refractivity contribution in [3.8, 4) is 0 Å². The minimum Gasteiger partial charge on any atom is -0.378 e. The van der Waals surface area contributed by atoms with Crippen molar-refractivity contribution >= 4 is 35.0 Å². The highest BCUT2D eigenvalue weighted by Crippen LogP contribution is 2.29. The number of benzene rings is 3. The van der Waals surface area contributed by atoms with Crippen LogP contribution in [-0.4, -0.2) is 58.7 Å². The second kappa shape index (κ2) is 14.4. The van der Waals surface area contributed by atoms with Crippen LogP contribution < -0.4 is 10.2 Å². The SMILES string of the molecule is Cc1cc(C)nc(SCC(=O)N(Cc2ccccc2F)C(C(=O)Nc2ccc(N3CCOCC3)cc2)c2cccc(F)c2)n1. The highest BCUT2D eigenvalue weighted by Gasteiger charge is 2.33. The number of rotatable bonds is 10. The number of carbonyl (C=O) groups excluding carboxylic acids is 2. The Morgan fingerprint density at radius 3 is 2.34 bits per heavy atom. The summed E-state index contributed by atoms with van der Waals surface area (Å²) in [5, 5.41) is 3.30. The van der Waals surface area contributed by atoms with E-state index in [-0.39, 0.29) is 23.4 Å². The highest BCUT2D eigenvalue weighted by atomic mass is 32.2. The Hall–Kier alpha value is -4.35. The molecule has 1 fully saturated rings. The molecule has 1 aliphatic rings. The molecule has 1 atom stereocenters. The van der Waals surface area contributed by atoms with Gasteiger partial charge < -0.3 is 19.9 Å². The number of nitrogens with one attached hydrogen (secondary N) is 1. The monoisotopic (exact) mass is 617 g/mol. The second-order valence-electron chi connectivity index (χ2n) is 10.4. The van der Waals surface area contributed by atoms with Gasteiger partial charge in [0.1, 0.15) is 17.7 Å². The molecule has 8 nitrogen and oxygen atoms in total. The number of aryl methyl sites for hydroxylation is 2. The number of thioether (sulfide) groups is 1. The lowest BCUT2D eigenvalue weighted by Gasteiger charge is -2.32. The first-order valence-corrected chi connectivity index (χ1v) is 15.2. The first-order valence-electron chi connectivity index (χ1n) is 14.2. The number of carbonyl (C=O) groups is 2. The van der Waals surface area contributed by atoms with Gasteiger partial charge in [-0.15, -0.1) is 0 Å². The van der Waals surface area contributed by atoms with Crippen molar-refractivity contribution in [2.75, 3.05) is 42.3 Å². The average Bonchev–Trinajstić information content (AvgIpc) is 3.01. The molecular weight excluding hydrogens is 584 g/mol. The van der Waals surface area contributed by atoms with E-state index >= 15 is 0 Å². The molecule has 1 saturated heterocycles. The van der Waals surface area contributed by atoms with Gasteiger partial charge >= 0.3 is 0 Å². The Balaban J connectivity index is 1.45. The maximum Gasteiger partial charge on any atom is 0.251 e. The van der Waals surface area contributed by atoms with E-state index in [4.69, 9.17) is 4.74 Å². The van der Waals surface area contributed by atoms with Crippen molar-refractivity contribution in [2.24, 2.45) is 0 Å². The zero-order valence-electron chi connectivity index (χ0n) is 24.5. The van der Waals surface area contributed by atoms with E-state index < -0.39 is 29.5 Å². The summed E-state index contributed by atoms with van der Waals surface area (Å²) < 4.78 is 34.8. The summed E-state index contributed by atoms with van der Waals surface area (Å²) in [4.78, 5) is 40.2. The van der Waals surface area contributed by atoms with Crippen LogP contribution in [0.5, 0.6) is 0 Å². The Morgan fingerprint density at radius 1 is 0.955 bits per heavy atom. The van der Waals surface area contributed by atoms with Gasteiger partial charge in [-0.2, -0.15) is 0 Å². The molecule has 44 heavy (non-hydrogen) atoms. The number of hydrogen-bond donors (Lipinski definition) is 1. The van der Waals surface area contributed by atoms with Crippen LogP contribution >= 0.6 is 11.8 Å². The van der Waals surface area contributed by atoms with E-state index in [1.54, 1.807) is 36.4 Å². The van der Waals surface area contributed by atoms with Crippen molar-refractivity contribution in [1.29, 1.82) is 0 Å². The van der Waals surface area contributed by atoms with Gasteiger partial charge in [0.15, 0.2) is 5.16 Å². The fourth-order valence-corrected chi connectivity index (χ4v) is 5.87. The van der Waals surface area contributed by atoms with E-state index in [1.807, 2.05) is 32.0 Å². The average molecular weight is 618 g/mol. The van der Waals surface area contributed by atoms with Crippen molar-refractivity contribution in [1.82, 2.24) is 14.9 Å². The molecule has 1 aromatic heterocycles. The number of ether oxygens (including phenoxy) is 1. The molecule has 5 rings (SSSR count). The van der Waals surface area contributed by atoms with Gasteiger partial charge in [-0.25, -0.2) is 18.7 Å². The van der Waals surface area contributed by atoms with Crippen LogP contribution in [0.15, 0.2) is 84.0 Å². The summed E-state index contributed by atoms with van der Waals surface area (Å²) in [5.41, 5.74) is 3.49.